The number of carbonyl (C=O) groups excluding carboxylic acids is 1. The molecule has 4 nitrogen and oxygen atoms in total. The Morgan fingerprint density at radius 3 is 2.33 bits per heavy atom. The van der Waals surface area contributed by atoms with Gasteiger partial charge in [-0.3, -0.25) is 9.59 Å². The first-order valence-corrected chi connectivity index (χ1v) is 5.85. The summed E-state index contributed by atoms with van der Waals surface area (Å²) >= 11 is 0. The van der Waals surface area contributed by atoms with E-state index < -0.39 is 24.0 Å². The second kappa shape index (κ2) is 4.13. The van der Waals surface area contributed by atoms with Crippen LogP contribution in [0.1, 0.15) is 25.7 Å². The zero-order valence-corrected chi connectivity index (χ0v) is 9.59. The van der Waals surface area contributed by atoms with E-state index >= 15 is 0 Å². The Morgan fingerprint density at radius 2 is 1.94 bits per heavy atom. The third kappa shape index (κ3) is 1.95. The van der Waals surface area contributed by atoms with E-state index in [1.54, 1.807) is 0 Å². The lowest BCUT2D eigenvalue weighted by atomic mass is 9.44. The molecule has 2 saturated carbocycles. The van der Waals surface area contributed by atoms with Gasteiger partial charge in [0.25, 0.3) is 0 Å². The molecule has 2 atom stereocenters. The Bertz CT molecular complexity index is 376. The summed E-state index contributed by atoms with van der Waals surface area (Å²) in [7, 11) is 0. The fraction of sp³-hybridized carbons (Fsp3) is 0.818. The minimum absolute atomic E-state index is 0.0812. The average molecular weight is 265 g/mol. The zero-order chi connectivity index (χ0) is 13.6. The predicted molar refractivity (Wildman–Crippen MR) is 54.6 cm³/mol. The SMILES string of the molecule is O=C(O)C1CC(CNC(=O)C(F)(F)F)C12CCC2. The van der Waals surface area contributed by atoms with Crippen molar-refractivity contribution >= 4 is 11.9 Å². The van der Waals surface area contributed by atoms with E-state index in [-0.39, 0.29) is 17.9 Å². The molecule has 1 spiro atoms. The fourth-order valence-corrected chi connectivity index (χ4v) is 3.17. The van der Waals surface area contributed by atoms with E-state index in [1.165, 1.54) is 0 Å². The largest absolute Gasteiger partial charge is 0.481 e. The molecular formula is C11H14F3NO3. The lowest BCUT2D eigenvalue weighted by molar-refractivity contribution is -0.181. The molecule has 2 unspecified atom stereocenters. The van der Waals surface area contributed by atoms with Gasteiger partial charge in [-0.2, -0.15) is 13.2 Å². The Morgan fingerprint density at radius 1 is 1.33 bits per heavy atom. The molecule has 18 heavy (non-hydrogen) atoms. The monoisotopic (exact) mass is 265 g/mol. The molecule has 102 valence electrons. The van der Waals surface area contributed by atoms with Gasteiger partial charge in [-0.1, -0.05) is 6.42 Å². The highest BCUT2D eigenvalue weighted by atomic mass is 19.4. The molecule has 0 aliphatic heterocycles. The average Bonchev–Trinajstić information content (AvgIpc) is 2.10. The summed E-state index contributed by atoms with van der Waals surface area (Å²) < 4.78 is 36.0. The lowest BCUT2D eigenvalue weighted by Gasteiger charge is -2.60. The van der Waals surface area contributed by atoms with Crippen molar-refractivity contribution in [3.05, 3.63) is 0 Å². The van der Waals surface area contributed by atoms with Crippen molar-refractivity contribution in [2.45, 2.75) is 31.9 Å². The Labute approximate surface area is 102 Å². The second-order valence-electron chi connectivity index (χ2n) is 5.12. The molecule has 1 amide bonds. The van der Waals surface area contributed by atoms with Crippen molar-refractivity contribution in [3.8, 4) is 0 Å². The van der Waals surface area contributed by atoms with Gasteiger partial charge in [0.1, 0.15) is 0 Å². The third-order valence-electron chi connectivity index (χ3n) is 4.38. The number of carboxylic acid groups (broad SMARTS) is 1. The first-order chi connectivity index (χ1) is 8.27. The molecule has 2 rings (SSSR count). The van der Waals surface area contributed by atoms with Crippen LogP contribution in [0.25, 0.3) is 0 Å². The van der Waals surface area contributed by atoms with Crippen LogP contribution in [0.4, 0.5) is 13.2 Å². The first kappa shape index (κ1) is 13.2. The molecule has 0 aromatic heterocycles. The number of carbonyl (C=O) groups is 2. The molecule has 7 heteroatoms. The van der Waals surface area contributed by atoms with Crippen molar-refractivity contribution in [2.75, 3.05) is 6.54 Å². The summed E-state index contributed by atoms with van der Waals surface area (Å²) in [6.07, 6.45) is -2.14. The number of halogens is 3. The van der Waals surface area contributed by atoms with Crippen LogP contribution in [-0.4, -0.2) is 29.7 Å². The molecule has 0 radical (unpaired) electrons. The van der Waals surface area contributed by atoms with Crippen LogP contribution in [0.3, 0.4) is 0 Å². The van der Waals surface area contributed by atoms with Crippen LogP contribution in [0, 0.1) is 17.3 Å². The van der Waals surface area contributed by atoms with Gasteiger partial charge in [0.05, 0.1) is 5.92 Å². The van der Waals surface area contributed by atoms with E-state index in [0.717, 1.165) is 19.3 Å². The number of alkyl halides is 3. The van der Waals surface area contributed by atoms with E-state index in [2.05, 4.69) is 0 Å². The van der Waals surface area contributed by atoms with Gasteiger partial charge in [-0.15, -0.1) is 0 Å². The maximum Gasteiger partial charge on any atom is 0.471 e. The van der Waals surface area contributed by atoms with Crippen molar-refractivity contribution in [1.82, 2.24) is 5.32 Å². The standard InChI is InChI=1S/C11H14F3NO3/c12-11(13,14)9(18)15-5-6-4-7(8(16)17)10(6)2-1-3-10/h6-7H,1-5H2,(H,15,18)(H,16,17). The van der Waals surface area contributed by atoms with Gasteiger partial charge in [-0.25, -0.2) is 0 Å². The lowest BCUT2D eigenvalue weighted by Crippen LogP contribution is -2.60. The Hall–Kier alpha value is -1.27. The molecule has 0 saturated heterocycles. The van der Waals surface area contributed by atoms with Crippen LogP contribution in [0.15, 0.2) is 0 Å². The number of nitrogens with one attached hydrogen (secondary N) is 1. The molecule has 0 aromatic carbocycles. The second-order valence-corrected chi connectivity index (χ2v) is 5.12. The van der Waals surface area contributed by atoms with Gasteiger partial charge in [-0.05, 0) is 30.6 Å². The Kier molecular flexibility index (Phi) is 3.03. The summed E-state index contributed by atoms with van der Waals surface area (Å²) in [5.41, 5.74) is -0.370. The fourth-order valence-electron chi connectivity index (χ4n) is 3.17. The minimum Gasteiger partial charge on any atom is -0.481 e. The first-order valence-electron chi connectivity index (χ1n) is 5.85. The summed E-state index contributed by atoms with van der Waals surface area (Å²) in [5.74, 6) is -3.43. The zero-order valence-electron chi connectivity index (χ0n) is 9.59. The van der Waals surface area contributed by atoms with Crippen molar-refractivity contribution in [1.29, 1.82) is 0 Å². The van der Waals surface area contributed by atoms with Crippen LogP contribution < -0.4 is 5.32 Å². The van der Waals surface area contributed by atoms with Crippen LogP contribution in [-0.2, 0) is 9.59 Å². The highest BCUT2D eigenvalue weighted by Crippen LogP contribution is 2.63. The topological polar surface area (TPSA) is 66.4 Å². The molecule has 2 aliphatic carbocycles. The summed E-state index contributed by atoms with van der Waals surface area (Å²) in [4.78, 5) is 21.7. The quantitative estimate of drug-likeness (QED) is 0.813. The summed E-state index contributed by atoms with van der Waals surface area (Å²) in [5, 5.41) is 10.8. The molecule has 2 fully saturated rings. The van der Waals surface area contributed by atoms with Crippen molar-refractivity contribution in [2.24, 2.45) is 17.3 Å². The molecule has 0 bridgehead atoms. The molecule has 0 heterocycles. The maximum absolute atomic E-state index is 12.0. The maximum atomic E-state index is 12.0. The van der Waals surface area contributed by atoms with Gasteiger partial charge in [0, 0.05) is 6.54 Å². The van der Waals surface area contributed by atoms with Gasteiger partial charge >= 0.3 is 18.1 Å². The van der Waals surface area contributed by atoms with Gasteiger partial charge in [0.15, 0.2) is 0 Å². The third-order valence-corrected chi connectivity index (χ3v) is 4.38. The van der Waals surface area contributed by atoms with Gasteiger partial charge < -0.3 is 10.4 Å². The van der Waals surface area contributed by atoms with E-state index in [9.17, 15) is 22.8 Å². The highest BCUT2D eigenvalue weighted by molar-refractivity contribution is 5.81. The van der Waals surface area contributed by atoms with E-state index in [4.69, 9.17) is 5.11 Å². The van der Waals surface area contributed by atoms with E-state index in [0.29, 0.717) is 6.42 Å². The molecule has 0 aromatic rings. The minimum atomic E-state index is -4.87. The summed E-state index contributed by atoms with van der Waals surface area (Å²) in [6, 6.07) is 0. The number of amides is 1. The number of carboxylic acids is 1. The Balaban J connectivity index is 1.89. The number of rotatable bonds is 3. The number of aliphatic carboxylic acids is 1. The summed E-state index contributed by atoms with van der Waals surface area (Å²) in [6.45, 7) is -0.0812. The van der Waals surface area contributed by atoms with Crippen LogP contribution >= 0.6 is 0 Å². The normalized spacial score (nSPS) is 29.3. The highest BCUT2D eigenvalue weighted by Gasteiger charge is 2.60. The number of hydrogen-bond donors (Lipinski definition) is 2. The van der Waals surface area contributed by atoms with Crippen molar-refractivity contribution < 1.29 is 27.9 Å². The smallest absolute Gasteiger partial charge is 0.471 e. The van der Waals surface area contributed by atoms with E-state index in [1.807, 2.05) is 5.32 Å². The van der Waals surface area contributed by atoms with Crippen LogP contribution in [0.2, 0.25) is 0 Å². The molecule has 2 N–H and O–H groups in total. The molecular weight excluding hydrogens is 251 g/mol. The molecule has 2 aliphatic rings. The number of hydrogen-bond acceptors (Lipinski definition) is 2. The van der Waals surface area contributed by atoms with Crippen LogP contribution in [0.5, 0.6) is 0 Å². The van der Waals surface area contributed by atoms with Crippen molar-refractivity contribution in [3.63, 3.8) is 0 Å². The predicted octanol–water partition coefficient (Wildman–Crippen LogP) is 1.56. The van der Waals surface area contributed by atoms with Gasteiger partial charge in [0.2, 0.25) is 0 Å².